The van der Waals surface area contributed by atoms with Gasteiger partial charge in [0.15, 0.2) is 0 Å². The van der Waals surface area contributed by atoms with Crippen LogP contribution in [0.1, 0.15) is 20.3 Å². The minimum atomic E-state index is 0.815. The largest absolute Gasteiger partial charge is 0.0778 e. The Morgan fingerprint density at radius 2 is 1.56 bits per heavy atom. The van der Waals surface area contributed by atoms with Crippen molar-refractivity contribution < 1.29 is 0 Å². The van der Waals surface area contributed by atoms with Crippen LogP contribution in [0.2, 0.25) is 0 Å². The lowest BCUT2D eigenvalue weighted by Gasteiger charge is -2.04. The number of hydrogen-bond donors (Lipinski definition) is 0. The van der Waals surface area contributed by atoms with Gasteiger partial charge in [-0.3, -0.25) is 0 Å². The predicted octanol–water partition coefficient (Wildman–Crippen LogP) is 2.53. The molecule has 0 amide bonds. The Labute approximate surface area is 56.3 Å². The van der Waals surface area contributed by atoms with Crippen molar-refractivity contribution in [2.75, 3.05) is 0 Å². The van der Waals surface area contributed by atoms with Gasteiger partial charge in [0.25, 0.3) is 0 Å². The molecule has 2 aliphatic rings. The molecule has 48 valence electrons. The third-order valence-electron chi connectivity index (χ3n) is 2.61. The molecule has 2 aliphatic carbocycles. The molecule has 0 aliphatic heterocycles. The van der Waals surface area contributed by atoms with E-state index in [0.29, 0.717) is 0 Å². The highest BCUT2D eigenvalue weighted by Gasteiger charge is 2.28. The average Bonchev–Trinajstić information content (AvgIpc) is 2.24. The van der Waals surface area contributed by atoms with Crippen LogP contribution in [0, 0.1) is 11.8 Å². The van der Waals surface area contributed by atoms with Crippen molar-refractivity contribution in [1.82, 2.24) is 0 Å². The summed E-state index contributed by atoms with van der Waals surface area (Å²) in [5, 5.41) is 0. The van der Waals surface area contributed by atoms with E-state index in [-0.39, 0.29) is 0 Å². The highest BCUT2D eigenvalue weighted by molar-refractivity contribution is 5.33. The van der Waals surface area contributed by atoms with Crippen LogP contribution in [-0.2, 0) is 0 Å². The topological polar surface area (TPSA) is 0 Å². The van der Waals surface area contributed by atoms with Crippen LogP contribution >= 0.6 is 0 Å². The van der Waals surface area contributed by atoms with Crippen molar-refractivity contribution in [1.29, 1.82) is 0 Å². The Morgan fingerprint density at radius 1 is 1.11 bits per heavy atom. The molecule has 0 aromatic rings. The Morgan fingerprint density at radius 3 is 1.78 bits per heavy atom. The van der Waals surface area contributed by atoms with Gasteiger partial charge in [-0.15, -0.1) is 0 Å². The first-order chi connectivity index (χ1) is 4.27. The van der Waals surface area contributed by atoms with Crippen LogP contribution < -0.4 is 0 Å². The van der Waals surface area contributed by atoms with E-state index < -0.39 is 0 Å². The molecule has 0 unspecified atom stereocenters. The lowest BCUT2D eigenvalue weighted by molar-refractivity contribution is 0.700. The summed E-state index contributed by atoms with van der Waals surface area (Å²) in [5.74, 6) is 1.63. The SMILES string of the molecule is CC1=C[C@@H]2C[C@H]1C=C2C. The zero-order valence-electron chi connectivity index (χ0n) is 6.02. The molecule has 0 fully saturated rings. The van der Waals surface area contributed by atoms with E-state index in [1.165, 1.54) is 6.42 Å². The summed E-state index contributed by atoms with van der Waals surface area (Å²) < 4.78 is 0. The van der Waals surface area contributed by atoms with E-state index in [2.05, 4.69) is 26.0 Å². The molecule has 0 saturated heterocycles. The van der Waals surface area contributed by atoms with E-state index in [0.717, 1.165) is 11.8 Å². The predicted molar refractivity (Wildman–Crippen MR) is 39.1 cm³/mol. The summed E-state index contributed by atoms with van der Waals surface area (Å²) >= 11 is 0. The van der Waals surface area contributed by atoms with Gasteiger partial charge >= 0.3 is 0 Å². The van der Waals surface area contributed by atoms with Gasteiger partial charge in [0.1, 0.15) is 0 Å². The first-order valence-electron chi connectivity index (χ1n) is 3.64. The fraction of sp³-hybridized carbons (Fsp3) is 0.556. The molecule has 0 saturated carbocycles. The zero-order valence-corrected chi connectivity index (χ0v) is 6.02. The number of hydrogen-bond acceptors (Lipinski definition) is 0. The first kappa shape index (κ1) is 5.28. The Hall–Kier alpha value is -0.520. The monoisotopic (exact) mass is 120 g/mol. The first-order valence-corrected chi connectivity index (χ1v) is 3.64. The summed E-state index contributed by atoms with van der Waals surface area (Å²) in [4.78, 5) is 0. The maximum atomic E-state index is 2.42. The minimum Gasteiger partial charge on any atom is -0.0778 e. The van der Waals surface area contributed by atoms with Crippen LogP contribution in [0.3, 0.4) is 0 Å². The third kappa shape index (κ3) is 0.592. The van der Waals surface area contributed by atoms with Gasteiger partial charge < -0.3 is 0 Å². The summed E-state index contributed by atoms with van der Waals surface area (Å²) in [6.45, 7) is 4.49. The molecule has 0 radical (unpaired) electrons. The van der Waals surface area contributed by atoms with Crippen molar-refractivity contribution in [3.63, 3.8) is 0 Å². The Bertz CT molecular complexity index is 174. The quantitative estimate of drug-likeness (QED) is 0.431. The molecule has 0 spiro atoms. The maximum absolute atomic E-state index is 2.42. The molecule has 2 atom stereocenters. The summed E-state index contributed by atoms with van der Waals surface area (Å²) in [6.07, 6.45) is 6.21. The number of rotatable bonds is 0. The van der Waals surface area contributed by atoms with Gasteiger partial charge in [-0.25, -0.2) is 0 Å². The van der Waals surface area contributed by atoms with E-state index >= 15 is 0 Å². The van der Waals surface area contributed by atoms with E-state index in [9.17, 15) is 0 Å². The van der Waals surface area contributed by atoms with Crippen molar-refractivity contribution in [2.24, 2.45) is 11.8 Å². The molecule has 2 bridgehead atoms. The lowest BCUT2D eigenvalue weighted by Crippen LogP contribution is -1.88. The van der Waals surface area contributed by atoms with E-state index in [4.69, 9.17) is 0 Å². The minimum absolute atomic E-state index is 0.815. The maximum Gasteiger partial charge on any atom is -0.00144 e. The highest BCUT2D eigenvalue weighted by Crippen LogP contribution is 2.41. The highest BCUT2D eigenvalue weighted by atomic mass is 14.3. The molecule has 0 nitrogen and oxygen atoms in total. The van der Waals surface area contributed by atoms with Gasteiger partial charge in [0, 0.05) is 0 Å². The molecule has 2 rings (SSSR count). The molecular formula is C9H12. The average molecular weight is 120 g/mol. The van der Waals surface area contributed by atoms with Crippen molar-refractivity contribution >= 4 is 0 Å². The Kier molecular flexibility index (Phi) is 0.879. The molecule has 9 heavy (non-hydrogen) atoms. The Balaban J connectivity index is 2.34. The summed E-state index contributed by atoms with van der Waals surface area (Å²) in [7, 11) is 0. The van der Waals surface area contributed by atoms with Crippen LogP contribution in [0.25, 0.3) is 0 Å². The number of allylic oxidation sites excluding steroid dienone is 4. The molecule has 0 N–H and O–H groups in total. The van der Waals surface area contributed by atoms with Gasteiger partial charge in [-0.1, -0.05) is 23.3 Å². The van der Waals surface area contributed by atoms with Crippen LogP contribution in [0.5, 0.6) is 0 Å². The van der Waals surface area contributed by atoms with Crippen LogP contribution in [0.4, 0.5) is 0 Å². The van der Waals surface area contributed by atoms with Gasteiger partial charge in [-0.05, 0) is 32.1 Å². The normalized spacial score (nSPS) is 38.9. The van der Waals surface area contributed by atoms with E-state index in [1.807, 2.05) is 0 Å². The van der Waals surface area contributed by atoms with E-state index in [1.54, 1.807) is 11.1 Å². The standard InChI is InChI=1S/C9H12/c1-6-3-9-5-8(6)4-7(9)2/h3-4,8-9H,5H2,1-2H3/t8-,9-/m1/s1. The second-order valence-corrected chi connectivity index (χ2v) is 3.27. The lowest BCUT2D eigenvalue weighted by atomic mass is 10.0. The second kappa shape index (κ2) is 1.50. The molecule has 0 heterocycles. The second-order valence-electron chi connectivity index (χ2n) is 3.27. The van der Waals surface area contributed by atoms with Crippen molar-refractivity contribution in [3.8, 4) is 0 Å². The van der Waals surface area contributed by atoms with Crippen molar-refractivity contribution in [3.05, 3.63) is 23.3 Å². The van der Waals surface area contributed by atoms with Crippen molar-refractivity contribution in [2.45, 2.75) is 20.3 Å². The van der Waals surface area contributed by atoms with Gasteiger partial charge in [0.2, 0.25) is 0 Å². The summed E-state index contributed by atoms with van der Waals surface area (Å²) in [6, 6.07) is 0. The number of fused-ring (bicyclic) bond motifs is 2. The van der Waals surface area contributed by atoms with Crippen LogP contribution in [-0.4, -0.2) is 0 Å². The fourth-order valence-electron chi connectivity index (χ4n) is 1.93. The van der Waals surface area contributed by atoms with Gasteiger partial charge in [-0.2, -0.15) is 0 Å². The van der Waals surface area contributed by atoms with Gasteiger partial charge in [0.05, 0.1) is 0 Å². The molecule has 0 heteroatoms. The third-order valence-corrected chi connectivity index (χ3v) is 2.61. The summed E-state index contributed by atoms with van der Waals surface area (Å²) in [5.41, 5.74) is 3.18. The molecule has 0 aromatic carbocycles. The molecule has 0 aromatic heterocycles. The fourth-order valence-corrected chi connectivity index (χ4v) is 1.93. The van der Waals surface area contributed by atoms with Crippen LogP contribution in [0.15, 0.2) is 23.3 Å². The molecular weight excluding hydrogens is 108 g/mol. The smallest absolute Gasteiger partial charge is 0.00144 e. The zero-order chi connectivity index (χ0) is 6.43.